The Hall–Kier alpha value is -0.770. The third-order valence-electron chi connectivity index (χ3n) is 2.51. The topological polar surface area (TPSA) is 295 Å². The zero-order valence-electron chi connectivity index (χ0n) is 12.0. The molecule has 26 heavy (non-hydrogen) atoms. The summed E-state index contributed by atoms with van der Waals surface area (Å²) < 4.78 is 43.3. The van der Waals surface area contributed by atoms with Crippen LogP contribution in [0.15, 0.2) is 0 Å². The number of aliphatic hydroxyl groups excluding tert-OH is 1. The summed E-state index contributed by atoms with van der Waals surface area (Å²) in [4.78, 5) is 65.6. The fourth-order valence-electron chi connectivity index (χ4n) is 1.41. The van der Waals surface area contributed by atoms with Crippen molar-refractivity contribution < 1.29 is 81.5 Å². The smallest absolute Gasteiger partial charge is 0.479 e. The summed E-state index contributed by atoms with van der Waals surface area (Å²) in [6, 6.07) is 0. The van der Waals surface area contributed by atoms with Gasteiger partial charge in [-0.25, -0.2) is 23.3 Å². The number of phosphoric acid groups is 3. The van der Waals surface area contributed by atoms with Gasteiger partial charge in [-0.1, -0.05) is 0 Å². The van der Waals surface area contributed by atoms with Gasteiger partial charge in [-0.15, -0.1) is 0 Å². The third kappa shape index (κ3) is 6.44. The van der Waals surface area contributed by atoms with E-state index in [2.05, 4.69) is 13.4 Å². The molecule has 17 nitrogen and oxygen atoms in total. The lowest BCUT2D eigenvalue weighted by atomic mass is 9.84. The second-order valence-electron chi connectivity index (χ2n) is 4.35. The molecular formula is C6H13O17P3. The molecule has 9 N–H and O–H groups in total. The first-order valence-electron chi connectivity index (χ1n) is 5.62. The van der Waals surface area contributed by atoms with Crippen molar-refractivity contribution in [3.63, 3.8) is 0 Å². The second kappa shape index (κ2) is 8.08. The first kappa shape index (κ1) is 25.2. The Kier molecular flexibility index (Phi) is 7.84. The molecule has 0 heterocycles. The summed E-state index contributed by atoms with van der Waals surface area (Å²) in [6.07, 6.45) is 0. The molecule has 0 aliphatic rings. The van der Waals surface area contributed by atoms with E-state index in [0.29, 0.717) is 0 Å². The molecule has 0 radical (unpaired) electrons. The number of aliphatic hydroxyl groups is 2. The molecule has 0 aliphatic carbocycles. The Bertz CT molecular complexity index is 689. The molecule has 20 heteroatoms. The molecule has 0 spiro atoms. The number of carbonyl (C=O) groups is 2. The van der Waals surface area contributed by atoms with Crippen molar-refractivity contribution in [1.82, 2.24) is 0 Å². The monoisotopic (exact) mass is 450 g/mol. The Labute approximate surface area is 142 Å². The van der Waals surface area contributed by atoms with Crippen LogP contribution in [0.25, 0.3) is 0 Å². The van der Waals surface area contributed by atoms with Gasteiger partial charge in [-0.3, -0.25) is 9.05 Å². The number of carboxylic acids is 2. The van der Waals surface area contributed by atoms with Crippen LogP contribution in [-0.2, 0) is 36.6 Å². The highest BCUT2D eigenvalue weighted by molar-refractivity contribution is 7.60. The van der Waals surface area contributed by atoms with Gasteiger partial charge in [0, 0.05) is 0 Å². The molecule has 0 rings (SSSR count). The largest absolute Gasteiger partial charge is 0.481 e. The molecule has 0 fully saturated rings. The minimum absolute atomic E-state index is 2.10. The van der Waals surface area contributed by atoms with Crippen molar-refractivity contribution in [3.8, 4) is 0 Å². The van der Waals surface area contributed by atoms with E-state index < -0.39 is 59.8 Å². The molecule has 0 aromatic heterocycles. The van der Waals surface area contributed by atoms with Gasteiger partial charge in [-0.05, 0) is 0 Å². The summed E-state index contributed by atoms with van der Waals surface area (Å²) in [5.74, 6) is -5.33. The molecule has 3 unspecified atom stereocenters. The van der Waals surface area contributed by atoms with Crippen LogP contribution in [-0.4, -0.2) is 81.2 Å². The first-order chi connectivity index (χ1) is 11.3. The van der Waals surface area contributed by atoms with Gasteiger partial charge in [0.2, 0.25) is 11.2 Å². The lowest BCUT2D eigenvalue weighted by Gasteiger charge is -2.38. The maximum atomic E-state index is 11.3. The van der Waals surface area contributed by atoms with E-state index in [9.17, 15) is 28.4 Å². The first-order valence-corrected chi connectivity index (χ1v) is 10.2. The number of hydrogen-bond donors (Lipinski definition) is 9. The van der Waals surface area contributed by atoms with Crippen molar-refractivity contribution in [3.05, 3.63) is 0 Å². The quantitative estimate of drug-likeness (QED) is 0.141. The number of rotatable bonds is 11. The van der Waals surface area contributed by atoms with Crippen LogP contribution in [0.4, 0.5) is 0 Å². The predicted molar refractivity (Wildman–Crippen MR) is 72.1 cm³/mol. The fraction of sp³-hybridized carbons (Fsp3) is 0.667. The second-order valence-corrected chi connectivity index (χ2v) is 8.35. The third-order valence-corrected chi connectivity index (χ3v) is 5.19. The van der Waals surface area contributed by atoms with Crippen molar-refractivity contribution in [2.24, 2.45) is 0 Å². The fourth-order valence-corrected chi connectivity index (χ4v) is 3.71. The molecule has 0 amide bonds. The number of hydrogen-bond acceptors (Lipinski definition) is 10. The SMILES string of the molecule is O=C(O)C(O)(COP(=O)(O)OP(=O)(O)O)C(CO)(OP(=O)(O)O)C(=O)O. The minimum atomic E-state index is -5.90. The minimum Gasteiger partial charge on any atom is -0.479 e. The Morgan fingerprint density at radius 3 is 1.62 bits per heavy atom. The Morgan fingerprint density at radius 2 is 1.35 bits per heavy atom. The van der Waals surface area contributed by atoms with Gasteiger partial charge in [0.05, 0.1) is 6.61 Å². The summed E-state index contributed by atoms with van der Waals surface area (Å²) in [5.41, 5.74) is -8.20. The molecule has 3 atom stereocenters. The summed E-state index contributed by atoms with van der Waals surface area (Å²) in [7, 11) is -17.4. The van der Waals surface area contributed by atoms with Gasteiger partial charge < -0.3 is 44.9 Å². The van der Waals surface area contributed by atoms with Gasteiger partial charge in [0.15, 0.2) is 0 Å². The van der Waals surface area contributed by atoms with Crippen LogP contribution in [0.1, 0.15) is 0 Å². The van der Waals surface area contributed by atoms with Gasteiger partial charge in [0.25, 0.3) is 0 Å². The molecule has 0 aromatic carbocycles. The van der Waals surface area contributed by atoms with Crippen LogP contribution in [0.2, 0.25) is 0 Å². The highest BCUT2D eigenvalue weighted by Crippen LogP contribution is 2.58. The number of carboxylic acid groups (broad SMARTS) is 2. The van der Waals surface area contributed by atoms with Crippen LogP contribution in [0.5, 0.6) is 0 Å². The van der Waals surface area contributed by atoms with Crippen LogP contribution >= 0.6 is 23.5 Å². The van der Waals surface area contributed by atoms with Gasteiger partial charge in [-0.2, -0.15) is 4.31 Å². The standard InChI is InChI=1S/C6H13O17P3/c7-1-6(4(10)11,22-24(13,14)15)5(12,3(8)9)2-21-26(19,20)23-25(16,17)18/h7,12H,1-2H2,(H,8,9)(H,10,11)(H,19,20)(H2,13,14,15)(H2,16,17,18). The number of phosphoric ester groups is 2. The van der Waals surface area contributed by atoms with E-state index in [1.807, 2.05) is 0 Å². The maximum absolute atomic E-state index is 11.3. The van der Waals surface area contributed by atoms with E-state index in [1.165, 1.54) is 0 Å². The normalized spacial score (nSPS) is 19.8. The van der Waals surface area contributed by atoms with Gasteiger partial charge in [0.1, 0.15) is 6.61 Å². The van der Waals surface area contributed by atoms with E-state index in [0.717, 1.165) is 0 Å². The van der Waals surface area contributed by atoms with E-state index in [1.54, 1.807) is 0 Å². The van der Waals surface area contributed by atoms with Crippen LogP contribution < -0.4 is 0 Å². The zero-order valence-corrected chi connectivity index (χ0v) is 14.7. The molecule has 154 valence electrons. The van der Waals surface area contributed by atoms with Crippen LogP contribution in [0.3, 0.4) is 0 Å². The van der Waals surface area contributed by atoms with Crippen molar-refractivity contribution in [2.75, 3.05) is 13.2 Å². The van der Waals surface area contributed by atoms with Crippen LogP contribution in [0, 0.1) is 0 Å². The maximum Gasteiger partial charge on any atom is 0.481 e. The highest BCUT2D eigenvalue weighted by atomic mass is 31.3. The molecule has 0 aromatic rings. The summed E-state index contributed by atoms with van der Waals surface area (Å²) in [5, 5.41) is 37.0. The average molecular weight is 450 g/mol. The molecule has 0 aliphatic heterocycles. The molecule has 0 saturated heterocycles. The molecule has 0 saturated carbocycles. The number of aliphatic carboxylic acids is 2. The zero-order chi connectivity index (χ0) is 21.2. The molecular weight excluding hydrogens is 437 g/mol. The van der Waals surface area contributed by atoms with E-state index in [-0.39, 0.29) is 0 Å². The van der Waals surface area contributed by atoms with Crippen molar-refractivity contribution >= 4 is 35.4 Å². The molecule has 0 bridgehead atoms. The van der Waals surface area contributed by atoms with E-state index >= 15 is 0 Å². The summed E-state index contributed by atoms with van der Waals surface area (Å²) >= 11 is 0. The van der Waals surface area contributed by atoms with Crippen molar-refractivity contribution in [1.29, 1.82) is 0 Å². The lowest BCUT2D eigenvalue weighted by molar-refractivity contribution is -0.216. The Morgan fingerprint density at radius 1 is 0.885 bits per heavy atom. The van der Waals surface area contributed by atoms with Crippen molar-refractivity contribution in [2.45, 2.75) is 11.2 Å². The lowest BCUT2D eigenvalue weighted by Crippen LogP contribution is -2.68. The van der Waals surface area contributed by atoms with Gasteiger partial charge >= 0.3 is 35.4 Å². The average Bonchev–Trinajstić information content (AvgIpc) is 2.37. The Balaban J connectivity index is 6.06. The predicted octanol–water partition coefficient (Wildman–Crippen LogP) is -3.05. The summed E-state index contributed by atoms with van der Waals surface area (Å²) in [6.45, 7) is -4.29. The van der Waals surface area contributed by atoms with E-state index in [4.69, 9.17) is 39.8 Å². The highest BCUT2D eigenvalue weighted by Gasteiger charge is 2.66.